The molecule has 156 valence electrons. The molecule has 4 N–H and O–H groups in total. The van der Waals surface area contributed by atoms with E-state index < -0.39 is 36.4 Å². The summed E-state index contributed by atoms with van der Waals surface area (Å²) in [6.07, 6.45) is -1.15. The van der Waals surface area contributed by atoms with Gasteiger partial charge in [0.15, 0.2) is 6.23 Å². The van der Waals surface area contributed by atoms with Crippen molar-refractivity contribution in [1.29, 1.82) is 0 Å². The minimum atomic E-state index is -2.46. The van der Waals surface area contributed by atoms with Crippen molar-refractivity contribution < 1.29 is 34.4 Å². The van der Waals surface area contributed by atoms with Crippen LogP contribution in [0.5, 0.6) is 0 Å². The van der Waals surface area contributed by atoms with E-state index in [1.165, 1.54) is 0 Å². The fourth-order valence-corrected chi connectivity index (χ4v) is 3.58. The minimum absolute atomic E-state index is 0.0172. The van der Waals surface area contributed by atoms with Crippen LogP contribution in [0.1, 0.15) is 47.5 Å². The number of aliphatic hydroxyl groups is 3. The summed E-state index contributed by atoms with van der Waals surface area (Å²) < 4.78 is 11.9. The number of urea groups is 1. The molecule has 1 aliphatic carbocycles. The van der Waals surface area contributed by atoms with E-state index in [0.717, 1.165) is 4.90 Å². The number of hydrogen-bond donors (Lipinski definition) is 4. The molecule has 2 rings (SSSR count). The lowest BCUT2D eigenvalue weighted by molar-refractivity contribution is -0.188. The van der Waals surface area contributed by atoms with Gasteiger partial charge in [-0.1, -0.05) is 0 Å². The number of nitrogens with one attached hydrogen (secondary N) is 1. The topological polar surface area (TPSA) is 129 Å². The van der Waals surface area contributed by atoms with Crippen LogP contribution < -0.4 is 5.32 Å². The van der Waals surface area contributed by atoms with E-state index in [4.69, 9.17) is 9.47 Å². The van der Waals surface area contributed by atoms with Crippen LogP contribution in [-0.2, 0) is 14.3 Å². The Balaban J connectivity index is 2.19. The van der Waals surface area contributed by atoms with Gasteiger partial charge in [0.1, 0.15) is 0 Å². The van der Waals surface area contributed by atoms with Crippen molar-refractivity contribution in [3.05, 3.63) is 0 Å². The lowest BCUT2D eigenvalue weighted by Crippen LogP contribution is -2.73. The summed E-state index contributed by atoms with van der Waals surface area (Å²) >= 11 is 0. The van der Waals surface area contributed by atoms with E-state index >= 15 is 0 Å². The lowest BCUT2D eigenvalue weighted by Gasteiger charge is -2.44. The number of imide groups is 1. The van der Waals surface area contributed by atoms with Gasteiger partial charge in [0, 0.05) is 12.0 Å². The quantitative estimate of drug-likeness (QED) is 0.503. The number of ether oxygens (including phenoxy) is 2. The predicted molar refractivity (Wildman–Crippen MR) is 95.6 cm³/mol. The van der Waals surface area contributed by atoms with Gasteiger partial charge in [-0.2, -0.15) is 0 Å². The van der Waals surface area contributed by atoms with E-state index in [0.29, 0.717) is 19.4 Å². The number of carbonyl (C=O) groups excluding carboxylic acids is 2. The zero-order chi connectivity index (χ0) is 20.6. The number of carbonyl (C=O) groups is 2. The van der Waals surface area contributed by atoms with Crippen LogP contribution in [0.4, 0.5) is 4.79 Å². The Morgan fingerprint density at radius 2 is 1.93 bits per heavy atom. The molecular weight excluding hydrogens is 356 g/mol. The van der Waals surface area contributed by atoms with Crippen molar-refractivity contribution in [3.63, 3.8) is 0 Å². The maximum absolute atomic E-state index is 12.3. The molecule has 0 spiro atoms. The molecule has 0 bridgehead atoms. The van der Waals surface area contributed by atoms with Crippen molar-refractivity contribution in [3.8, 4) is 0 Å². The standard InChI is InChI=1S/C18H32N2O7/c1-10(2)27-13-7-12(6-11(13)8-26-17(3,4)5)20-15(23)18(25,9-21)14(22)19-16(20)24/h10-13,15,21,23,25H,6-9H2,1-5H3,(H,19,22,24)/t11-,12-,13?,15?,18?/m1/s1. The second-order valence-electron chi connectivity index (χ2n) is 8.65. The molecule has 2 fully saturated rings. The van der Waals surface area contributed by atoms with Gasteiger partial charge < -0.3 is 24.8 Å². The summed E-state index contributed by atoms with van der Waals surface area (Å²) in [5.74, 6) is -1.13. The third-order valence-corrected chi connectivity index (χ3v) is 4.96. The van der Waals surface area contributed by atoms with Gasteiger partial charge in [-0.05, 0) is 47.5 Å². The van der Waals surface area contributed by atoms with Crippen LogP contribution in [-0.4, -0.2) is 81.1 Å². The Morgan fingerprint density at radius 3 is 2.44 bits per heavy atom. The Bertz CT molecular complexity index is 562. The van der Waals surface area contributed by atoms with Crippen molar-refractivity contribution >= 4 is 11.9 Å². The molecule has 1 aliphatic heterocycles. The maximum atomic E-state index is 12.3. The predicted octanol–water partition coefficient (Wildman–Crippen LogP) is -0.0327. The molecule has 0 aromatic heterocycles. The van der Waals surface area contributed by atoms with E-state index in [1.807, 2.05) is 39.9 Å². The van der Waals surface area contributed by atoms with E-state index in [9.17, 15) is 24.9 Å². The molecule has 0 aromatic carbocycles. The van der Waals surface area contributed by atoms with Crippen LogP contribution in [0.25, 0.3) is 0 Å². The van der Waals surface area contributed by atoms with Gasteiger partial charge >= 0.3 is 6.03 Å². The summed E-state index contributed by atoms with van der Waals surface area (Å²) in [5.41, 5.74) is -2.78. The molecule has 1 heterocycles. The summed E-state index contributed by atoms with van der Waals surface area (Å²) in [6.45, 7) is 9.11. The molecule has 27 heavy (non-hydrogen) atoms. The Labute approximate surface area is 159 Å². The van der Waals surface area contributed by atoms with Crippen LogP contribution in [0.3, 0.4) is 0 Å². The van der Waals surface area contributed by atoms with Crippen molar-refractivity contribution in [2.75, 3.05) is 13.2 Å². The zero-order valence-corrected chi connectivity index (χ0v) is 16.6. The highest BCUT2D eigenvalue weighted by Crippen LogP contribution is 2.36. The minimum Gasteiger partial charge on any atom is -0.393 e. The molecule has 1 saturated carbocycles. The van der Waals surface area contributed by atoms with Crippen molar-refractivity contribution in [1.82, 2.24) is 10.2 Å². The van der Waals surface area contributed by atoms with Crippen LogP contribution in [0.2, 0.25) is 0 Å². The maximum Gasteiger partial charge on any atom is 0.326 e. The molecule has 5 atom stereocenters. The first-order valence-corrected chi connectivity index (χ1v) is 9.33. The van der Waals surface area contributed by atoms with Gasteiger partial charge in [0.05, 0.1) is 31.0 Å². The van der Waals surface area contributed by atoms with Crippen LogP contribution >= 0.6 is 0 Å². The molecule has 9 heteroatoms. The molecule has 3 amide bonds. The van der Waals surface area contributed by atoms with Gasteiger partial charge in [-0.25, -0.2) is 4.79 Å². The summed E-state index contributed by atoms with van der Waals surface area (Å²) in [7, 11) is 0. The Morgan fingerprint density at radius 1 is 1.30 bits per heavy atom. The fraction of sp³-hybridized carbons (Fsp3) is 0.889. The Hall–Kier alpha value is -1.26. The SMILES string of the molecule is CC(C)OC1C[C@H](N2C(=O)NC(=O)C(O)(CO)C2O)C[C@@H]1COC(C)(C)C. The molecule has 3 unspecified atom stereocenters. The largest absolute Gasteiger partial charge is 0.393 e. The van der Waals surface area contributed by atoms with Crippen LogP contribution in [0, 0.1) is 5.92 Å². The number of rotatable bonds is 6. The Kier molecular flexibility index (Phi) is 6.53. The third kappa shape index (κ3) is 4.78. The highest BCUT2D eigenvalue weighted by molar-refractivity contribution is 6.02. The monoisotopic (exact) mass is 388 g/mol. The van der Waals surface area contributed by atoms with Gasteiger partial charge in [0.25, 0.3) is 5.91 Å². The average molecular weight is 388 g/mol. The third-order valence-electron chi connectivity index (χ3n) is 4.96. The van der Waals surface area contributed by atoms with E-state index in [-0.39, 0.29) is 23.7 Å². The first kappa shape index (κ1) is 22.0. The van der Waals surface area contributed by atoms with Gasteiger partial charge in [-0.3, -0.25) is 15.0 Å². The molecule has 0 aromatic rings. The number of aliphatic hydroxyl groups excluding tert-OH is 2. The highest BCUT2D eigenvalue weighted by Gasteiger charge is 2.55. The fourth-order valence-electron chi connectivity index (χ4n) is 3.58. The van der Waals surface area contributed by atoms with Gasteiger partial charge in [-0.15, -0.1) is 0 Å². The zero-order valence-electron chi connectivity index (χ0n) is 16.6. The smallest absolute Gasteiger partial charge is 0.326 e. The summed E-state index contributed by atoms with van der Waals surface area (Å²) in [4.78, 5) is 25.2. The van der Waals surface area contributed by atoms with Gasteiger partial charge in [0.2, 0.25) is 5.60 Å². The molecule has 1 saturated heterocycles. The van der Waals surface area contributed by atoms with Crippen LogP contribution in [0.15, 0.2) is 0 Å². The molecular formula is C18H32N2O7. The van der Waals surface area contributed by atoms with E-state index in [2.05, 4.69) is 0 Å². The second-order valence-corrected chi connectivity index (χ2v) is 8.65. The van der Waals surface area contributed by atoms with E-state index in [1.54, 1.807) is 0 Å². The van der Waals surface area contributed by atoms with Crippen molar-refractivity contribution in [2.24, 2.45) is 5.92 Å². The molecule has 2 aliphatic rings. The average Bonchev–Trinajstić information content (AvgIpc) is 2.92. The van der Waals surface area contributed by atoms with Crippen molar-refractivity contribution in [2.45, 2.75) is 83.1 Å². The normalized spacial score (nSPS) is 35.1. The first-order valence-electron chi connectivity index (χ1n) is 9.33. The number of amides is 3. The number of hydrogen-bond acceptors (Lipinski definition) is 7. The first-order chi connectivity index (χ1) is 12.4. The summed E-state index contributed by atoms with van der Waals surface area (Å²) in [6, 6.07) is -1.26. The lowest BCUT2D eigenvalue weighted by atomic mass is 9.97. The second kappa shape index (κ2) is 8.00. The highest BCUT2D eigenvalue weighted by atomic mass is 16.5. The molecule has 0 radical (unpaired) electrons. The molecule has 9 nitrogen and oxygen atoms in total. The number of nitrogens with zero attached hydrogens (tertiary/aromatic N) is 1. The summed E-state index contributed by atoms with van der Waals surface area (Å²) in [5, 5.41) is 32.1.